The fourth-order valence-electron chi connectivity index (χ4n) is 2.49. The number of aromatic nitrogens is 2. The number of rotatable bonds is 6. The number of benzene rings is 1. The van der Waals surface area contributed by atoms with Gasteiger partial charge in [0.25, 0.3) is 11.5 Å². The number of carbonyl (C=O) groups is 3. The van der Waals surface area contributed by atoms with Gasteiger partial charge in [0.05, 0.1) is 18.8 Å². The molecule has 0 atom stereocenters. The van der Waals surface area contributed by atoms with Gasteiger partial charge in [0.1, 0.15) is 6.54 Å². The second kappa shape index (κ2) is 7.60. The zero-order valence-electron chi connectivity index (χ0n) is 13.8. The van der Waals surface area contributed by atoms with Gasteiger partial charge in [0.2, 0.25) is 5.91 Å². The summed E-state index contributed by atoms with van der Waals surface area (Å²) < 4.78 is 1.26. The molecular weight excluding hydrogens is 338 g/mol. The van der Waals surface area contributed by atoms with Crippen molar-refractivity contribution in [3.05, 3.63) is 52.8 Å². The average Bonchev–Trinajstić information content (AvgIpc) is 2.96. The molecule has 0 bridgehead atoms. The Bertz CT molecular complexity index is 878. The SMILES string of the molecule is O=C(CN1C(=O)CNC1=O)NCCn1nc(-c2ccccc2)ccc1=O. The summed E-state index contributed by atoms with van der Waals surface area (Å²) in [7, 11) is 0. The Morgan fingerprint density at radius 3 is 2.58 bits per heavy atom. The molecular formula is C17H17N5O4. The highest BCUT2D eigenvalue weighted by atomic mass is 16.2. The van der Waals surface area contributed by atoms with E-state index >= 15 is 0 Å². The molecule has 26 heavy (non-hydrogen) atoms. The summed E-state index contributed by atoms with van der Waals surface area (Å²) in [6.45, 7) is -0.131. The lowest BCUT2D eigenvalue weighted by Crippen LogP contribution is -2.42. The molecule has 9 heteroatoms. The Balaban J connectivity index is 1.58. The molecule has 1 aromatic heterocycles. The summed E-state index contributed by atoms with van der Waals surface area (Å²) in [5, 5.41) is 9.20. The van der Waals surface area contributed by atoms with Crippen molar-refractivity contribution in [2.24, 2.45) is 0 Å². The minimum atomic E-state index is -0.585. The second-order valence-electron chi connectivity index (χ2n) is 5.63. The molecule has 9 nitrogen and oxygen atoms in total. The molecule has 2 aromatic rings. The molecule has 2 heterocycles. The van der Waals surface area contributed by atoms with E-state index in [4.69, 9.17) is 0 Å². The summed E-state index contributed by atoms with van der Waals surface area (Å²) in [5.74, 6) is -0.929. The standard InChI is InChI=1S/C17H17N5O4/c23-14(11-21-16(25)10-19-17(21)26)18-8-9-22-15(24)7-6-13(20-22)12-4-2-1-3-5-12/h1-7H,8-11H2,(H,18,23)(H,19,26). The first-order valence-corrected chi connectivity index (χ1v) is 8.03. The molecule has 1 aliphatic rings. The van der Waals surface area contributed by atoms with E-state index in [0.717, 1.165) is 10.5 Å². The van der Waals surface area contributed by atoms with Crippen molar-refractivity contribution in [3.63, 3.8) is 0 Å². The maximum absolute atomic E-state index is 11.9. The van der Waals surface area contributed by atoms with Crippen molar-refractivity contribution in [2.45, 2.75) is 6.54 Å². The maximum atomic E-state index is 11.9. The van der Waals surface area contributed by atoms with E-state index < -0.39 is 17.8 Å². The number of urea groups is 1. The van der Waals surface area contributed by atoms with E-state index in [2.05, 4.69) is 15.7 Å². The topological polar surface area (TPSA) is 113 Å². The van der Waals surface area contributed by atoms with Crippen molar-refractivity contribution < 1.29 is 14.4 Å². The van der Waals surface area contributed by atoms with Crippen LogP contribution in [0.4, 0.5) is 4.79 Å². The van der Waals surface area contributed by atoms with Crippen LogP contribution in [0.1, 0.15) is 0 Å². The molecule has 0 aliphatic carbocycles. The van der Waals surface area contributed by atoms with Crippen LogP contribution in [0, 0.1) is 0 Å². The highest BCUT2D eigenvalue weighted by Crippen LogP contribution is 2.13. The van der Waals surface area contributed by atoms with Crippen molar-refractivity contribution >= 4 is 17.8 Å². The fraction of sp³-hybridized carbons (Fsp3) is 0.235. The van der Waals surface area contributed by atoms with Crippen LogP contribution in [-0.4, -0.2) is 52.2 Å². The van der Waals surface area contributed by atoms with Gasteiger partial charge in [-0.05, 0) is 6.07 Å². The van der Waals surface area contributed by atoms with Gasteiger partial charge in [0.15, 0.2) is 0 Å². The molecule has 1 aromatic carbocycles. The van der Waals surface area contributed by atoms with Gasteiger partial charge in [-0.25, -0.2) is 9.48 Å². The Hall–Kier alpha value is -3.49. The number of hydrogen-bond donors (Lipinski definition) is 2. The molecule has 2 N–H and O–H groups in total. The van der Waals surface area contributed by atoms with Crippen LogP contribution in [0.2, 0.25) is 0 Å². The zero-order valence-corrected chi connectivity index (χ0v) is 13.8. The molecule has 134 valence electrons. The Labute approximate surface area is 148 Å². The van der Waals surface area contributed by atoms with Crippen LogP contribution >= 0.6 is 0 Å². The van der Waals surface area contributed by atoms with Crippen molar-refractivity contribution in [3.8, 4) is 11.3 Å². The molecule has 0 unspecified atom stereocenters. The Kier molecular flexibility index (Phi) is 5.07. The van der Waals surface area contributed by atoms with Crippen LogP contribution in [-0.2, 0) is 16.1 Å². The van der Waals surface area contributed by atoms with Gasteiger partial charge < -0.3 is 10.6 Å². The quantitative estimate of drug-likeness (QED) is 0.683. The summed E-state index contributed by atoms with van der Waals surface area (Å²) in [6.07, 6.45) is 0. The Morgan fingerprint density at radius 2 is 1.88 bits per heavy atom. The van der Waals surface area contributed by atoms with Gasteiger partial charge >= 0.3 is 6.03 Å². The molecule has 0 spiro atoms. The van der Waals surface area contributed by atoms with Crippen LogP contribution in [0.25, 0.3) is 11.3 Å². The van der Waals surface area contributed by atoms with Gasteiger partial charge in [-0.15, -0.1) is 0 Å². The average molecular weight is 355 g/mol. The van der Waals surface area contributed by atoms with E-state index in [1.807, 2.05) is 30.3 Å². The van der Waals surface area contributed by atoms with E-state index in [0.29, 0.717) is 5.69 Å². The largest absolute Gasteiger partial charge is 0.353 e. The molecule has 4 amide bonds. The summed E-state index contributed by atoms with van der Waals surface area (Å²) >= 11 is 0. The second-order valence-corrected chi connectivity index (χ2v) is 5.63. The van der Waals surface area contributed by atoms with E-state index in [-0.39, 0.29) is 31.7 Å². The van der Waals surface area contributed by atoms with Crippen molar-refractivity contribution in [2.75, 3.05) is 19.6 Å². The number of amides is 4. The molecule has 1 fully saturated rings. The first kappa shape index (κ1) is 17.3. The smallest absolute Gasteiger partial charge is 0.325 e. The molecule has 1 saturated heterocycles. The summed E-state index contributed by atoms with van der Waals surface area (Å²) in [5.41, 5.74) is 1.24. The normalized spacial score (nSPS) is 13.6. The van der Waals surface area contributed by atoms with Crippen LogP contribution in [0.3, 0.4) is 0 Å². The van der Waals surface area contributed by atoms with Gasteiger partial charge in [-0.1, -0.05) is 30.3 Å². The van der Waals surface area contributed by atoms with Gasteiger partial charge in [0, 0.05) is 18.2 Å². The molecule has 1 aliphatic heterocycles. The highest BCUT2D eigenvalue weighted by molar-refractivity contribution is 6.04. The minimum absolute atomic E-state index is 0.0995. The first-order valence-electron chi connectivity index (χ1n) is 8.03. The number of nitrogens with zero attached hydrogens (tertiary/aromatic N) is 3. The highest BCUT2D eigenvalue weighted by Gasteiger charge is 2.29. The Morgan fingerprint density at radius 1 is 1.12 bits per heavy atom. The lowest BCUT2D eigenvalue weighted by atomic mass is 10.1. The molecule has 3 rings (SSSR count). The predicted octanol–water partition coefficient (Wildman–Crippen LogP) is -0.422. The number of hydrogen-bond acceptors (Lipinski definition) is 5. The monoisotopic (exact) mass is 355 g/mol. The van der Waals surface area contributed by atoms with Crippen LogP contribution in [0.15, 0.2) is 47.3 Å². The fourth-order valence-corrected chi connectivity index (χ4v) is 2.49. The first-order chi connectivity index (χ1) is 12.5. The lowest BCUT2D eigenvalue weighted by Gasteiger charge is -2.12. The van der Waals surface area contributed by atoms with Crippen LogP contribution < -0.4 is 16.2 Å². The van der Waals surface area contributed by atoms with Crippen molar-refractivity contribution in [1.29, 1.82) is 0 Å². The maximum Gasteiger partial charge on any atom is 0.325 e. The molecule has 0 saturated carbocycles. The van der Waals surface area contributed by atoms with Gasteiger partial charge in [-0.3, -0.25) is 19.3 Å². The zero-order chi connectivity index (χ0) is 18.5. The third-order valence-electron chi connectivity index (χ3n) is 3.82. The number of carbonyl (C=O) groups excluding carboxylic acids is 3. The summed E-state index contributed by atoms with van der Waals surface area (Å²) in [6, 6.07) is 11.9. The lowest BCUT2D eigenvalue weighted by molar-refractivity contribution is -0.130. The third-order valence-corrected chi connectivity index (χ3v) is 3.82. The number of imide groups is 1. The summed E-state index contributed by atoms with van der Waals surface area (Å²) in [4.78, 5) is 47.5. The van der Waals surface area contributed by atoms with Gasteiger partial charge in [-0.2, -0.15) is 5.10 Å². The minimum Gasteiger partial charge on any atom is -0.353 e. The van der Waals surface area contributed by atoms with E-state index in [1.54, 1.807) is 6.07 Å². The van der Waals surface area contributed by atoms with E-state index in [1.165, 1.54) is 10.7 Å². The third kappa shape index (κ3) is 3.94. The predicted molar refractivity (Wildman–Crippen MR) is 92.1 cm³/mol. The van der Waals surface area contributed by atoms with Crippen LogP contribution in [0.5, 0.6) is 0 Å². The number of nitrogens with one attached hydrogen (secondary N) is 2. The van der Waals surface area contributed by atoms with Crippen molar-refractivity contribution in [1.82, 2.24) is 25.3 Å². The molecule has 0 radical (unpaired) electrons. The van der Waals surface area contributed by atoms with E-state index in [9.17, 15) is 19.2 Å².